The average molecular weight is 249 g/mol. The Morgan fingerprint density at radius 2 is 1.67 bits per heavy atom. The second-order valence-corrected chi connectivity index (χ2v) is 6.57. The van der Waals surface area contributed by atoms with E-state index >= 15 is 0 Å². The Bertz CT molecular complexity index is 418. The minimum absolute atomic E-state index is 0.119. The highest BCUT2D eigenvalue weighted by molar-refractivity contribution is 5.93. The van der Waals surface area contributed by atoms with Crippen LogP contribution < -0.4 is 0 Å². The van der Waals surface area contributed by atoms with Gasteiger partial charge in [0, 0.05) is 11.6 Å². The lowest BCUT2D eigenvalue weighted by atomic mass is 9.79. The highest BCUT2D eigenvalue weighted by Gasteiger charge is 2.30. The molecule has 1 rings (SSSR count). The molecule has 3 heteroatoms. The molecule has 18 heavy (non-hydrogen) atoms. The van der Waals surface area contributed by atoms with Crippen LogP contribution in [0.4, 0.5) is 0 Å². The normalized spacial score (nSPS) is 12.4. The van der Waals surface area contributed by atoms with E-state index < -0.39 is 0 Å². The van der Waals surface area contributed by atoms with Gasteiger partial charge in [0.15, 0.2) is 0 Å². The number of hydrogen-bond donors (Lipinski definition) is 0. The zero-order valence-corrected chi connectivity index (χ0v) is 12.4. The third-order valence-corrected chi connectivity index (χ3v) is 2.86. The molecular weight excluding hydrogens is 226 g/mol. The van der Waals surface area contributed by atoms with Crippen LogP contribution in [-0.4, -0.2) is 18.1 Å². The van der Waals surface area contributed by atoms with Crippen molar-refractivity contribution in [3.8, 4) is 0 Å². The lowest BCUT2D eigenvalue weighted by molar-refractivity contribution is 0.0594. The molecule has 0 aliphatic carbocycles. The minimum Gasteiger partial charge on any atom is -0.465 e. The molecular formula is C15H23NO2. The molecule has 1 aromatic rings. The molecule has 0 saturated heterocycles. The number of carbonyl (C=O) groups excluding carboxylic acids is 1. The van der Waals surface area contributed by atoms with E-state index in [-0.39, 0.29) is 16.8 Å². The highest BCUT2D eigenvalue weighted by Crippen LogP contribution is 2.32. The highest BCUT2D eigenvalue weighted by atomic mass is 16.5. The number of nitrogens with zero attached hydrogens (tertiary/aromatic N) is 1. The first-order chi connectivity index (χ1) is 8.09. The molecule has 0 unspecified atom stereocenters. The van der Waals surface area contributed by atoms with Crippen LogP contribution in [0.25, 0.3) is 0 Å². The van der Waals surface area contributed by atoms with E-state index in [1.165, 1.54) is 7.11 Å². The molecule has 0 fully saturated rings. The van der Waals surface area contributed by atoms with Gasteiger partial charge in [0.05, 0.1) is 18.4 Å². The van der Waals surface area contributed by atoms with Gasteiger partial charge in [0.2, 0.25) is 0 Å². The van der Waals surface area contributed by atoms with Crippen LogP contribution in [0.15, 0.2) is 12.3 Å². The van der Waals surface area contributed by atoms with Gasteiger partial charge in [-0.15, -0.1) is 0 Å². The first-order valence-corrected chi connectivity index (χ1v) is 6.17. The molecule has 0 atom stereocenters. The summed E-state index contributed by atoms with van der Waals surface area (Å²) in [6.07, 6.45) is 1.77. The summed E-state index contributed by atoms with van der Waals surface area (Å²) in [6.45, 7) is 12.4. The Hall–Kier alpha value is -1.38. The molecule has 0 N–H and O–H groups in total. The number of methoxy groups -OCH3 is 1. The number of hydrogen-bond acceptors (Lipinski definition) is 3. The van der Waals surface area contributed by atoms with Crippen molar-refractivity contribution in [1.29, 1.82) is 0 Å². The van der Waals surface area contributed by atoms with Crippen molar-refractivity contribution in [2.24, 2.45) is 0 Å². The Morgan fingerprint density at radius 1 is 1.11 bits per heavy atom. The first-order valence-electron chi connectivity index (χ1n) is 6.17. The maximum atomic E-state index is 12.1. The quantitative estimate of drug-likeness (QED) is 0.715. The largest absolute Gasteiger partial charge is 0.465 e. The van der Waals surface area contributed by atoms with Crippen molar-refractivity contribution in [3.63, 3.8) is 0 Å². The predicted molar refractivity (Wildman–Crippen MR) is 73.0 cm³/mol. The van der Waals surface area contributed by atoms with Gasteiger partial charge in [0.25, 0.3) is 0 Å². The van der Waals surface area contributed by atoms with Gasteiger partial charge < -0.3 is 4.74 Å². The van der Waals surface area contributed by atoms with Crippen LogP contribution in [0.2, 0.25) is 0 Å². The second-order valence-electron chi connectivity index (χ2n) is 6.57. The van der Waals surface area contributed by atoms with Crippen molar-refractivity contribution in [2.45, 2.75) is 52.4 Å². The maximum absolute atomic E-state index is 12.1. The Kier molecular flexibility index (Phi) is 3.84. The molecule has 1 heterocycles. The zero-order valence-electron chi connectivity index (χ0n) is 12.4. The molecule has 0 spiro atoms. The van der Waals surface area contributed by atoms with E-state index in [9.17, 15) is 4.79 Å². The zero-order chi connectivity index (χ0) is 14.1. The maximum Gasteiger partial charge on any atom is 0.340 e. The van der Waals surface area contributed by atoms with E-state index in [1.807, 2.05) is 26.8 Å². The summed E-state index contributed by atoms with van der Waals surface area (Å²) in [5, 5.41) is 0. The van der Waals surface area contributed by atoms with Crippen LogP contribution in [0, 0.1) is 0 Å². The van der Waals surface area contributed by atoms with Gasteiger partial charge in [-0.05, 0) is 17.0 Å². The second kappa shape index (κ2) is 4.71. The number of aromatic nitrogens is 1. The van der Waals surface area contributed by atoms with Crippen molar-refractivity contribution in [2.75, 3.05) is 7.11 Å². The number of pyridine rings is 1. The molecule has 0 aliphatic rings. The van der Waals surface area contributed by atoms with E-state index in [1.54, 1.807) is 6.20 Å². The summed E-state index contributed by atoms with van der Waals surface area (Å²) in [6, 6.07) is 1.90. The van der Waals surface area contributed by atoms with Gasteiger partial charge in [-0.3, -0.25) is 4.98 Å². The molecule has 0 aromatic carbocycles. The summed E-state index contributed by atoms with van der Waals surface area (Å²) in [4.78, 5) is 16.5. The number of carbonyl (C=O) groups is 1. The minimum atomic E-state index is -0.307. The fourth-order valence-electron chi connectivity index (χ4n) is 1.96. The van der Waals surface area contributed by atoms with Gasteiger partial charge >= 0.3 is 5.97 Å². The van der Waals surface area contributed by atoms with Crippen LogP contribution in [0.3, 0.4) is 0 Å². The van der Waals surface area contributed by atoms with Gasteiger partial charge in [-0.1, -0.05) is 41.5 Å². The Morgan fingerprint density at radius 3 is 2.06 bits per heavy atom. The Balaban J connectivity index is 3.61. The number of esters is 1. The fourth-order valence-corrected chi connectivity index (χ4v) is 1.96. The van der Waals surface area contributed by atoms with Gasteiger partial charge in [0.1, 0.15) is 0 Å². The average Bonchev–Trinajstić information content (AvgIpc) is 2.24. The monoisotopic (exact) mass is 249 g/mol. The van der Waals surface area contributed by atoms with Crippen LogP contribution in [0.1, 0.15) is 63.2 Å². The van der Waals surface area contributed by atoms with Crippen molar-refractivity contribution >= 4 is 5.97 Å². The molecule has 0 amide bonds. The molecule has 0 aliphatic heterocycles. The Labute approximate surface area is 110 Å². The standard InChI is InChI=1S/C15H23NO2/c1-14(2,3)10-8-9-16-12(15(4,5)6)11(10)13(17)18-7/h8-9H,1-7H3. The van der Waals surface area contributed by atoms with Crippen LogP contribution in [0.5, 0.6) is 0 Å². The van der Waals surface area contributed by atoms with Crippen molar-refractivity contribution in [3.05, 3.63) is 29.1 Å². The fraction of sp³-hybridized carbons (Fsp3) is 0.600. The van der Waals surface area contributed by atoms with E-state index in [0.717, 1.165) is 11.3 Å². The van der Waals surface area contributed by atoms with Crippen molar-refractivity contribution < 1.29 is 9.53 Å². The molecule has 0 radical (unpaired) electrons. The van der Waals surface area contributed by atoms with E-state index in [4.69, 9.17) is 4.74 Å². The van der Waals surface area contributed by atoms with E-state index in [0.29, 0.717) is 5.56 Å². The van der Waals surface area contributed by atoms with E-state index in [2.05, 4.69) is 25.8 Å². The van der Waals surface area contributed by atoms with Crippen LogP contribution in [-0.2, 0) is 15.6 Å². The smallest absolute Gasteiger partial charge is 0.340 e. The molecule has 100 valence electrons. The molecule has 1 aromatic heterocycles. The van der Waals surface area contributed by atoms with Gasteiger partial charge in [-0.25, -0.2) is 4.79 Å². The SMILES string of the molecule is COC(=O)c1c(C(C)(C)C)ccnc1C(C)(C)C. The number of ether oxygens (including phenoxy) is 1. The molecule has 3 nitrogen and oxygen atoms in total. The summed E-state index contributed by atoms with van der Waals surface area (Å²) in [5.41, 5.74) is 2.08. The topological polar surface area (TPSA) is 39.2 Å². The first kappa shape index (κ1) is 14.7. The molecule has 0 saturated carbocycles. The summed E-state index contributed by atoms with van der Waals surface area (Å²) >= 11 is 0. The third kappa shape index (κ3) is 2.89. The lowest BCUT2D eigenvalue weighted by Gasteiger charge is -2.27. The van der Waals surface area contributed by atoms with Crippen LogP contribution >= 0.6 is 0 Å². The number of rotatable bonds is 1. The summed E-state index contributed by atoms with van der Waals surface area (Å²) in [7, 11) is 1.41. The summed E-state index contributed by atoms with van der Waals surface area (Å²) in [5.74, 6) is -0.307. The lowest BCUT2D eigenvalue weighted by Crippen LogP contribution is -2.25. The van der Waals surface area contributed by atoms with Gasteiger partial charge in [-0.2, -0.15) is 0 Å². The summed E-state index contributed by atoms with van der Waals surface area (Å²) < 4.78 is 4.93. The molecule has 0 bridgehead atoms. The third-order valence-electron chi connectivity index (χ3n) is 2.86. The van der Waals surface area contributed by atoms with Crippen molar-refractivity contribution in [1.82, 2.24) is 4.98 Å². The predicted octanol–water partition coefficient (Wildman–Crippen LogP) is 3.46.